The Balaban J connectivity index is 1.27. The van der Waals surface area contributed by atoms with Crippen LogP contribution in [-0.2, 0) is 11.2 Å². The van der Waals surface area contributed by atoms with Crippen molar-refractivity contribution < 1.29 is 18.7 Å². The summed E-state index contributed by atoms with van der Waals surface area (Å²) in [6, 6.07) is 11.5. The van der Waals surface area contributed by atoms with Crippen LogP contribution in [-0.4, -0.2) is 30.9 Å². The number of unbranched alkanes of at least 4 members (excludes halogenated alkanes) is 11. The first-order valence-corrected chi connectivity index (χ1v) is 13.7. The lowest BCUT2D eigenvalue weighted by atomic mass is 9.95. The van der Waals surface area contributed by atoms with Gasteiger partial charge in [-0.3, -0.25) is 4.99 Å². The smallest absolute Gasteiger partial charge is 0.375 e. The number of nitrogens with zero attached hydrogens (tertiary/aromatic N) is 1. The fourth-order valence-electron chi connectivity index (χ4n) is 4.62. The Morgan fingerprint density at radius 2 is 1.57 bits per heavy atom. The van der Waals surface area contributed by atoms with Gasteiger partial charge in [0.05, 0.1) is 12.3 Å². The van der Waals surface area contributed by atoms with Crippen LogP contribution >= 0.6 is 0 Å². The minimum absolute atomic E-state index is 0.159. The van der Waals surface area contributed by atoms with E-state index in [1.165, 1.54) is 69.8 Å². The van der Waals surface area contributed by atoms with Crippen LogP contribution < -0.4 is 4.74 Å². The maximum atomic E-state index is 12.6. The van der Waals surface area contributed by atoms with Crippen LogP contribution in [0, 0.1) is 0 Å². The first-order chi connectivity index (χ1) is 17.2. The summed E-state index contributed by atoms with van der Waals surface area (Å²) in [7, 11) is 0. The number of benzene rings is 1. The van der Waals surface area contributed by atoms with E-state index in [-0.39, 0.29) is 5.76 Å². The highest BCUT2D eigenvalue weighted by Gasteiger charge is 2.24. The zero-order chi connectivity index (χ0) is 24.7. The fourth-order valence-corrected chi connectivity index (χ4v) is 4.62. The first-order valence-electron chi connectivity index (χ1n) is 13.7. The molecule has 1 aliphatic heterocycles. The Morgan fingerprint density at radius 3 is 2.29 bits per heavy atom. The molecule has 0 radical (unpaired) electrons. The maximum Gasteiger partial charge on any atom is 0.375 e. The summed E-state index contributed by atoms with van der Waals surface area (Å²) in [5, 5.41) is 0. The molecule has 3 rings (SSSR count). The molecule has 0 bridgehead atoms. The molecule has 0 aliphatic carbocycles. The molecule has 0 N–H and O–H groups in total. The van der Waals surface area contributed by atoms with Gasteiger partial charge in [-0.05, 0) is 31.4 Å². The van der Waals surface area contributed by atoms with Crippen molar-refractivity contribution in [1.82, 2.24) is 0 Å². The molecule has 0 amide bonds. The van der Waals surface area contributed by atoms with Crippen molar-refractivity contribution in [2.75, 3.05) is 13.2 Å². The lowest BCUT2D eigenvalue weighted by Gasteiger charge is -2.21. The van der Waals surface area contributed by atoms with E-state index < -0.39 is 12.1 Å². The average Bonchev–Trinajstić information content (AvgIpc) is 3.35. The summed E-state index contributed by atoms with van der Waals surface area (Å²) >= 11 is 0. The van der Waals surface area contributed by atoms with E-state index in [9.17, 15) is 4.79 Å². The van der Waals surface area contributed by atoms with Crippen LogP contribution in [0.2, 0.25) is 0 Å². The maximum absolute atomic E-state index is 12.6. The molecule has 0 saturated carbocycles. The van der Waals surface area contributed by atoms with Gasteiger partial charge < -0.3 is 13.9 Å². The number of aliphatic imine (C=N–C) groups is 1. The predicted octanol–water partition coefficient (Wildman–Crippen LogP) is 7.95. The number of fused-ring (bicyclic) bond motifs is 1. The van der Waals surface area contributed by atoms with Crippen molar-refractivity contribution in [2.24, 2.45) is 4.99 Å². The van der Waals surface area contributed by atoms with Crippen LogP contribution in [0.5, 0.6) is 5.95 Å². The summed E-state index contributed by atoms with van der Waals surface area (Å²) in [4.78, 5) is 17.2. The van der Waals surface area contributed by atoms with Crippen LogP contribution in [0.4, 0.5) is 0 Å². The van der Waals surface area contributed by atoms with Crippen molar-refractivity contribution in [1.29, 1.82) is 0 Å². The third-order valence-corrected chi connectivity index (χ3v) is 6.65. The molecule has 5 nitrogen and oxygen atoms in total. The van der Waals surface area contributed by atoms with E-state index in [1.54, 1.807) is 12.1 Å². The molecular weight excluding hydrogens is 438 g/mol. The average molecular weight is 482 g/mol. The summed E-state index contributed by atoms with van der Waals surface area (Å²) < 4.78 is 16.9. The van der Waals surface area contributed by atoms with Crippen LogP contribution in [0.25, 0.3) is 0 Å². The Hall–Kier alpha value is -2.56. The van der Waals surface area contributed by atoms with Gasteiger partial charge in [0, 0.05) is 18.2 Å². The number of hydrogen-bond donors (Lipinski definition) is 0. The number of hydrogen-bond acceptors (Lipinski definition) is 5. The topological polar surface area (TPSA) is 61.0 Å². The number of carbonyl (C=O) groups excluding carboxylic acids is 1. The number of furan rings is 1. The monoisotopic (exact) mass is 481 g/mol. The second-order valence-corrected chi connectivity index (χ2v) is 9.58. The molecule has 1 aromatic carbocycles. The molecule has 2 heterocycles. The lowest BCUT2D eigenvalue weighted by Crippen LogP contribution is -2.28. The van der Waals surface area contributed by atoms with Gasteiger partial charge in [-0.15, -0.1) is 0 Å². The van der Waals surface area contributed by atoms with Gasteiger partial charge in [0.25, 0.3) is 5.95 Å². The van der Waals surface area contributed by atoms with Crippen molar-refractivity contribution in [3.63, 3.8) is 0 Å². The quantitative estimate of drug-likeness (QED) is 0.170. The molecule has 192 valence electrons. The van der Waals surface area contributed by atoms with Gasteiger partial charge in [0.15, 0.2) is 0 Å². The third kappa shape index (κ3) is 9.19. The molecule has 1 aromatic heterocycles. The van der Waals surface area contributed by atoms with Crippen LogP contribution in [0.1, 0.15) is 113 Å². The van der Waals surface area contributed by atoms with E-state index >= 15 is 0 Å². The minimum Gasteiger partial charge on any atom is -0.465 e. The minimum atomic E-state index is -0.497. The molecule has 0 spiro atoms. The van der Waals surface area contributed by atoms with Gasteiger partial charge in [0.2, 0.25) is 5.76 Å². The third-order valence-electron chi connectivity index (χ3n) is 6.65. The van der Waals surface area contributed by atoms with Gasteiger partial charge in [0.1, 0.15) is 6.10 Å². The highest BCUT2D eigenvalue weighted by molar-refractivity contribution is 6.06. The number of ether oxygens (including phenoxy) is 2. The molecule has 0 fully saturated rings. The highest BCUT2D eigenvalue weighted by Crippen LogP contribution is 2.22. The van der Waals surface area contributed by atoms with Crippen LogP contribution in [0.3, 0.4) is 0 Å². The molecule has 5 heteroatoms. The molecule has 2 aromatic rings. The first kappa shape index (κ1) is 27.0. The Morgan fingerprint density at radius 1 is 0.914 bits per heavy atom. The van der Waals surface area contributed by atoms with Crippen LogP contribution in [0.15, 0.2) is 45.8 Å². The molecule has 35 heavy (non-hydrogen) atoms. The summed E-state index contributed by atoms with van der Waals surface area (Å²) in [6.07, 6.45) is 16.2. The fraction of sp³-hybridized carbons (Fsp3) is 0.600. The van der Waals surface area contributed by atoms with Gasteiger partial charge in [-0.1, -0.05) is 102 Å². The Labute approximate surface area is 211 Å². The van der Waals surface area contributed by atoms with Crippen molar-refractivity contribution in [2.45, 2.75) is 103 Å². The lowest BCUT2D eigenvalue weighted by molar-refractivity contribution is 0.0407. The van der Waals surface area contributed by atoms with Crippen molar-refractivity contribution in [3.8, 4) is 5.95 Å². The Kier molecular flexibility index (Phi) is 11.9. The second-order valence-electron chi connectivity index (χ2n) is 9.58. The summed E-state index contributed by atoms with van der Waals surface area (Å²) in [5.41, 5.74) is 3.12. The Bertz CT molecular complexity index is 917. The number of esters is 1. The standard InChI is InChI=1S/C30H43NO4/c1-3-4-5-6-7-8-9-10-11-12-13-16-23-33-28-20-19-27(35-28)30(32)34-24(2)29-26-18-15-14-17-25(26)21-22-31-29/h14-15,17-20,24H,3-13,16,21-23H2,1-2H3. The van der Waals surface area contributed by atoms with E-state index in [1.807, 2.05) is 25.1 Å². The molecule has 0 saturated heterocycles. The predicted molar refractivity (Wildman–Crippen MR) is 142 cm³/mol. The van der Waals surface area contributed by atoms with Gasteiger partial charge >= 0.3 is 5.97 Å². The molecule has 1 aliphatic rings. The zero-order valence-corrected chi connectivity index (χ0v) is 21.7. The normalized spacial score (nSPS) is 13.7. The summed E-state index contributed by atoms with van der Waals surface area (Å²) in [5.74, 6) is 0.0303. The van der Waals surface area contributed by atoms with Gasteiger partial charge in [-0.25, -0.2) is 4.79 Å². The van der Waals surface area contributed by atoms with Crippen molar-refractivity contribution >= 4 is 11.7 Å². The molecule has 1 unspecified atom stereocenters. The molecule has 1 atom stereocenters. The SMILES string of the molecule is CCCCCCCCCCCCCCOc1ccc(C(=O)OC(C)C2=NCCc3ccccc32)o1. The van der Waals surface area contributed by atoms with E-state index in [2.05, 4.69) is 18.0 Å². The number of rotatable bonds is 17. The largest absolute Gasteiger partial charge is 0.465 e. The molecular formula is C30H43NO4. The van der Waals surface area contributed by atoms with E-state index in [4.69, 9.17) is 13.9 Å². The van der Waals surface area contributed by atoms with Crippen molar-refractivity contribution in [3.05, 3.63) is 53.3 Å². The van der Waals surface area contributed by atoms with E-state index in [0.29, 0.717) is 19.1 Å². The zero-order valence-electron chi connectivity index (χ0n) is 21.7. The highest BCUT2D eigenvalue weighted by atomic mass is 16.6. The summed E-state index contributed by atoms with van der Waals surface area (Å²) in [6.45, 7) is 5.44. The van der Waals surface area contributed by atoms with E-state index in [0.717, 1.165) is 30.5 Å². The number of carbonyl (C=O) groups is 1. The van der Waals surface area contributed by atoms with Gasteiger partial charge in [-0.2, -0.15) is 0 Å². The second kappa shape index (κ2) is 15.4.